The molecule has 0 bridgehead atoms. The average molecular weight is 590 g/mol. The zero-order valence-corrected chi connectivity index (χ0v) is 26.4. The van der Waals surface area contributed by atoms with Crippen molar-refractivity contribution in [3.63, 3.8) is 0 Å². The van der Waals surface area contributed by atoms with Crippen molar-refractivity contribution in [2.75, 3.05) is 0 Å². The molecule has 0 amide bonds. The van der Waals surface area contributed by atoms with E-state index in [2.05, 4.69) is 20.5 Å². The molecule has 0 unspecified atom stereocenters. The van der Waals surface area contributed by atoms with Gasteiger partial charge < -0.3 is 20.4 Å². The predicted octanol–water partition coefficient (Wildman–Crippen LogP) is -1.10. The molecule has 2 N–H and O–H groups in total. The molecule has 41 heavy (non-hydrogen) atoms. The second-order valence-electron chi connectivity index (χ2n) is 7.86. The van der Waals surface area contributed by atoms with Crippen LogP contribution in [0, 0.1) is 0 Å². The van der Waals surface area contributed by atoms with Gasteiger partial charge in [-0.1, -0.05) is 23.6 Å². The van der Waals surface area contributed by atoms with E-state index < -0.39 is 44.4 Å². The Kier molecular flexibility index (Phi) is 11.9. The Labute approximate surface area is 277 Å². The number of nitrogens with zero attached hydrogens (tertiary/aromatic N) is 4. The maximum Gasteiger partial charge on any atom is 1.00 e. The van der Waals surface area contributed by atoms with Crippen molar-refractivity contribution in [1.82, 2.24) is 0 Å². The van der Waals surface area contributed by atoms with E-state index >= 15 is 0 Å². The SMILES string of the molecule is O=C(O)c1cc(N=Nc2ccc(S(=O)(=O)c3ccc(N=Nc4ccc([O-])c(C(=O)O)c4)cc3)cc2)ccc1[O-].[Na+].[Na+]. The van der Waals surface area contributed by atoms with Crippen molar-refractivity contribution < 1.29 is 97.5 Å². The van der Waals surface area contributed by atoms with Crippen LogP contribution in [0.15, 0.2) is 115 Å². The number of hydrogen-bond acceptors (Lipinski definition) is 10. The Bertz CT molecular complexity index is 1620. The average Bonchev–Trinajstić information content (AvgIpc) is 2.92. The van der Waals surface area contributed by atoms with Crippen LogP contribution in [0.3, 0.4) is 0 Å². The summed E-state index contributed by atoms with van der Waals surface area (Å²) in [6, 6.07) is 17.9. The molecule has 0 aliphatic carbocycles. The molecule has 0 heterocycles. The minimum Gasteiger partial charge on any atom is -0.872 e. The molecule has 0 aliphatic heterocycles. The molecule has 0 saturated heterocycles. The van der Waals surface area contributed by atoms with Gasteiger partial charge in [0.05, 0.1) is 43.7 Å². The number of azo groups is 2. The van der Waals surface area contributed by atoms with Gasteiger partial charge in [-0.15, -0.1) is 0 Å². The van der Waals surface area contributed by atoms with Crippen molar-refractivity contribution in [2.45, 2.75) is 9.79 Å². The Morgan fingerprint density at radius 2 is 0.829 bits per heavy atom. The van der Waals surface area contributed by atoms with E-state index in [1.54, 1.807) is 0 Å². The number of carbonyl (C=O) groups is 2. The fourth-order valence-electron chi connectivity index (χ4n) is 3.25. The molecule has 0 radical (unpaired) electrons. The number of carboxylic acid groups (broad SMARTS) is 2. The Morgan fingerprint density at radius 3 is 1.15 bits per heavy atom. The molecule has 0 spiro atoms. The van der Waals surface area contributed by atoms with Gasteiger partial charge in [-0.05, 0) is 72.8 Å². The molecule has 196 valence electrons. The second kappa shape index (κ2) is 14.5. The summed E-state index contributed by atoms with van der Waals surface area (Å²) >= 11 is 0. The van der Waals surface area contributed by atoms with Crippen LogP contribution in [0.5, 0.6) is 11.5 Å². The fourth-order valence-corrected chi connectivity index (χ4v) is 4.51. The number of aromatic carboxylic acids is 2. The number of sulfone groups is 1. The van der Waals surface area contributed by atoms with Crippen molar-refractivity contribution in [2.24, 2.45) is 20.5 Å². The van der Waals surface area contributed by atoms with Gasteiger partial charge in [0.1, 0.15) is 0 Å². The van der Waals surface area contributed by atoms with Crippen molar-refractivity contribution >= 4 is 44.5 Å². The van der Waals surface area contributed by atoms with E-state index in [1.807, 2.05) is 0 Å². The predicted molar refractivity (Wildman–Crippen MR) is 132 cm³/mol. The van der Waals surface area contributed by atoms with Gasteiger partial charge in [-0.3, -0.25) is 0 Å². The number of rotatable bonds is 8. The first kappa shape index (κ1) is 33.8. The summed E-state index contributed by atoms with van der Waals surface area (Å²) in [7, 11) is -3.89. The van der Waals surface area contributed by atoms with Gasteiger partial charge in [0.2, 0.25) is 9.84 Å². The smallest absolute Gasteiger partial charge is 0.872 e. The van der Waals surface area contributed by atoms with E-state index in [1.165, 1.54) is 60.7 Å². The van der Waals surface area contributed by atoms with Crippen molar-refractivity contribution in [3.8, 4) is 11.5 Å². The third-order valence-corrected chi connectivity index (χ3v) is 7.03. The quantitative estimate of drug-likeness (QED) is 0.190. The normalized spacial score (nSPS) is 11.1. The summed E-state index contributed by atoms with van der Waals surface area (Å²) in [6.07, 6.45) is 0. The van der Waals surface area contributed by atoms with Crippen LogP contribution in [-0.4, -0.2) is 30.6 Å². The Morgan fingerprint density at radius 1 is 0.537 bits per heavy atom. The molecule has 0 saturated carbocycles. The summed E-state index contributed by atoms with van der Waals surface area (Å²) in [5.74, 6) is -4.08. The minimum absolute atomic E-state index is 0. The van der Waals surface area contributed by atoms with Crippen LogP contribution in [-0.2, 0) is 9.84 Å². The van der Waals surface area contributed by atoms with Crippen LogP contribution < -0.4 is 69.3 Å². The van der Waals surface area contributed by atoms with Gasteiger partial charge in [0.15, 0.2) is 0 Å². The molecule has 0 aromatic heterocycles. The zero-order valence-electron chi connectivity index (χ0n) is 21.6. The Hall–Kier alpha value is -3.43. The number of carboxylic acids is 2. The molecular formula is C26H16N4Na2O8S. The molecular weight excluding hydrogens is 574 g/mol. The zero-order chi connectivity index (χ0) is 28.2. The van der Waals surface area contributed by atoms with Crippen LogP contribution in [0.4, 0.5) is 22.7 Å². The summed E-state index contributed by atoms with van der Waals surface area (Å²) < 4.78 is 26.0. The van der Waals surface area contributed by atoms with Gasteiger partial charge >= 0.3 is 71.1 Å². The first-order valence-electron chi connectivity index (χ1n) is 10.9. The van der Waals surface area contributed by atoms with Crippen LogP contribution in [0.25, 0.3) is 0 Å². The summed E-state index contributed by atoms with van der Waals surface area (Å²) in [5.41, 5.74) is 0.000267. The number of benzene rings is 4. The van der Waals surface area contributed by atoms with Gasteiger partial charge in [-0.2, -0.15) is 20.5 Å². The minimum atomic E-state index is -3.89. The molecule has 0 aliphatic rings. The van der Waals surface area contributed by atoms with E-state index in [0.717, 1.165) is 24.3 Å². The van der Waals surface area contributed by atoms with E-state index in [4.69, 9.17) is 10.2 Å². The maximum absolute atomic E-state index is 13.0. The molecule has 4 rings (SSSR count). The summed E-state index contributed by atoms with van der Waals surface area (Å²) in [4.78, 5) is 22.1. The molecule has 12 nitrogen and oxygen atoms in total. The molecule has 15 heteroatoms. The van der Waals surface area contributed by atoms with Gasteiger partial charge in [0.25, 0.3) is 0 Å². The summed E-state index contributed by atoms with van der Waals surface area (Å²) in [6.45, 7) is 0. The standard InChI is InChI=1S/C26H18N4O8S.2Na/c31-23-11-5-17(13-21(23)25(33)34)29-27-15-1-7-19(8-2-15)39(37,38)20-9-3-16(4-10-20)28-30-18-6-12-24(32)22(14-18)26(35)36;;/h1-14,31-32H,(H,33,34)(H,35,36);;/q;2*+1/p-2. The first-order valence-corrected chi connectivity index (χ1v) is 12.4. The monoisotopic (exact) mass is 590 g/mol. The molecule has 4 aromatic rings. The molecule has 4 aromatic carbocycles. The topological polar surface area (TPSA) is 204 Å². The van der Waals surface area contributed by atoms with Gasteiger partial charge in [-0.25, -0.2) is 18.0 Å². The maximum atomic E-state index is 13.0. The van der Waals surface area contributed by atoms with Crippen molar-refractivity contribution in [1.29, 1.82) is 0 Å². The van der Waals surface area contributed by atoms with Crippen molar-refractivity contribution in [3.05, 3.63) is 96.1 Å². The first-order chi connectivity index (χ1) is 18.5. The third kappa shape index (κ3) is 8.30. The van der Waals surface area contributed by atoms with E-state index in [-0.39, 0.29) is 80.3 Å². The largest absolute Gasteiger partial charge is 1.00 e. The van der Waals surface area contributed by atoms with Crippen LogP contribution in [0.1, 0.15) is 20.7 Å². The van der Waals surface area contributed by atoms with E-state index in [9.17, 15) is 28.2 Å². The van der Waals surface area contributed by atoms with Crippen LogP contribution in [0.2, 0.25) is 0 Å². The fraction of sp³-hybridized carbons (Fsp3) is 0. The number of hydrogen-bond donors (Lipinski definition) is 2. The van der Waals surface area contributed by atoms with E-state index in [0.29, 0.717) is 11.4 Å². The molecule has 0 atom stereocenters. The van der Waals surface area contributed by atoms with Crippen LogP contribution >= 0.6 is 0 Å². The third-order valence-electron chi connectivity index (χ3n) is 5.24. The van der Waals surface area contributed by atoms with Gasteiger partial charge in [0, 0.05) is 0 Å². The second-order valence-corrected chi connectivity index (χ2v) is 9.81. The Balaban J connectivity index is 0.00000294. The molecule has 0 fully saturated rings. The summed E-state index contributed by atoms with van der Waals surface area (Å²) in [5, 5.41) is 56.8.